The molecule has 180 valence electrons. The molecular weight excluding hydrogens is 438 g/mol. The van der Waals surface area contributed by atoms with Crippen molar-refractivity contribution in [3.8, 4) is 0 Å². The number of anilines is 1. The van der Waals surface area contributed by atoms with Crippen LogP contribution in [-0.4, -0.2) is 60.8 Å². The number of nitrogens with zero attached hydrogens (tertiary/aromatic N) is 3. The monoisotopic (exact) mass is 469 g/mol. The Balaban J connectivity index is 1.09. The number of hydrogen-bond donors (Lipinski definition) is 0. The predicted molar refractivity (Wildman–Crippen MR) is 136 cm³/mol. The number of piperazine rings is 1. The highest BCUT2D eigenvalue weighted by atomic mass is 16.7. The van der Waals surface area contributed by atoms with Gasteiger partial charge in [-0.1, -0.05) is 72.8 Å². The highest BCUT2D eigenvalue weighted by Gasteiger charge is 2.36. The van der Waals surface area contributed by atoms with Crippen LogP contribution in [0.25, 0.3) is 0 Å². The summed E-state index contributed by atoms with van der Waals surface area (Å²) in [6.45, 7) is 5.52. The molecular formula is C29H31N3O3. The molecule has 1 fully saturated rings. The van der Waals surface area contributed by atoms with Gasteiger partial charge in [0.1, 0.15) is 0 Å². The first kappa shape index (κ1) is 23.4. The summed E-state index contributed by atoms with van der Waals surface area (Å²) in [5.74, 6) is -1.10. The standard InChI is InChI=1S/C29H31N3O3/c33-28-25-15-7-8-16-26(25)32(29(28)34)35-22-10-9-17-30-18-20-31(21-19-30)27(23-11-3-1-4-12-23)24-13-5-2-6-14-24/h1-8,11-16,27H,9-10,17-22H2. The van der Waals surface area contributed by atoms with Crippen molar-refractivity contribution in [3.05, 3.63) is 102 Å². The van der Waals surface area contributed by atoms with Crippen molar-refractivity contribution in [3.63, 3.8) is 0 Å². The number of para-hydroxylation sites is 1. The van der Waals surface area contributed by atoms with E-state index in [4.69, 9.17) is 4.84 Å². The van der Waals surface area contributed by atoms with Crippen LogP contribution in [0.5, 0.6) is 0 Å². The molecule has 0 N–H and O–H groups in total. The summed E-state index contributed by atoms with van der Waals surface area (Å²) in [6, 6.07) is 28.8. The van der Waals surface area contributed by atoms with Gasteiger partial charge in [-0.3, -0.25) is 19.3 Å². The Morgan fingerprint density at radius 1 is 0.714 bits per heavy atom. The Morgan fingerprint density at radius 3 is 1.97 bits per heavy atom. The van der Waals surface area contributed by atoms with Gasteiger partial charge in [-0.05, 0) is 42.6 Å². The number of ketones is 1. The van der Waals surface area contributed by atoms with E-state index in [9.17, 15) is 9.59 Å². The molecule has 0 unspecified atom stereocenters. The summed E-state index contributed by atoms with van der Waals surface area (Å²) >= 11 is 0. The van der Waals surface area contributed by atoms with Gasteiger partial charge in [0.2, 0.25) is 0 Å². The number of Topliss-reactive ketones (excluding diaryl/α,β-unsaturated/α-hetero) is 1. The summed E-state index contributed by atoms with van der Waals surface area (Å²) < 4.78 is 0. The number of fused-ring (bicyclic) bond motifs is 1. The van der Waals surface area contributed by atoms with Gasteiger partial charge >= 0.3 is 5.91 Å². The first-order valence-corrected chi connectivity index (χ1v) is 12.4. The fourth-order valence-corrected chi connectivity index (χ4v) is 5.01. The summed E-state index contributed by atoms with van der Waals surface area (Å²) in [7, 11) is 0. The Morgan fingerprint density at radius 2 is 1.31 bits per heavy atom. The van der Waals surface area contributed by atoms with E-state index in [-0.39, 0.29) is 6.04 Å². The number of benzene rings is 3. The van der Waals surface area contributed by atoms with Crippen molar-refractivity contribution >= 4 is 17.4 Å². The Kier molecular flexibility index (Phi) is 7.33. The maximum atomic E-state index is 12.2. The van der Waals surface area contributed by atoms with Crippen LogP contribution in [0.3, 0.4) is 0 Å². The van der Waals surface area contributed by atoms with Crippen LogP contribution in [0, 0.1) is 0 Å². The van der Waals surface area contributed by atoms with Crippen molar-refractivity contribution in [1.29, 1.82) is 0 Å². The van der Waals surface area contributed by atoms with Crippen LogP contribution < -0.4 is 5.06 Å². The smallest absolute Gasteiger partial charge is 0.301 e. The molecule has 0 radical (unpaired) electrons. The van der Waals surface area contributed by atoms with Gasteiger partial charge in [0.05, 0.1) is 23.9 Å². The summed E-state index contributed by atoms with van der Waals surface area (Å²) in [6.07, 6.45) is 1.81. The zero-order valence-corrected chi connectivity index (χ0v) is 19.9. The second kappa shape index (κ2) is 11.0. The molecule has 0 aromatic heterocycles. The minimum absolute atomic E-state index is 0.275. The Bertz CT molecular complexity index is 1100. The molecule has 2 aliphatic rings. The molecule has 35 heavy (non-hydrogen) atoms. The average molecular weight is 470 g/mol. The van der Waals surface area contributed by atoms with E-state index in [1.807, 2.05) is 0 Å². The van der Waals surface area contributed by atoms with Gasteiger partial charge in [-0.2, -0.15) is 5.06 Å². The highest BCUT2D eigenvalue weighted by molar-refractivity contribution is 6.51. The third-order valence-corrected chi connectivity index (χ3v) is 6.84. The maximum absolute atomic E-state index is 12.2. The average Bonchev–Trinajstić information content (AvgIpc) is 3.16. The highest BCUT2D eigenvalue weighted by Crippen LogP contribution is 2.30. The molecule has 0 bridgehead atoms. The van der Waals surface area contributed by atoms with Gasteiger partial charge in [0.15, 0.2) is 0 Å². The van der Waals surface area contributed by atoms with E-state index in [1.165, 1.54) is 11.1 Å². The van der Waals surface area contributed by atoms with Crippen LogP contribution in [0.1, 0.15) is 40.4 Å². The molecule has 1 saturated heterocycles. The second-order valence-electron chi connectivity index (χ2n) is 9.09. The van der Waals surface area contributed by atoms with Crippen LogP contribution in [0.2, 0.25) is 0 Å². The molecule has 2 heterocycles. The lowest BCUT2D eigenvalue weighted by atomic mass is 9.96. The fourth-order valence-electron chi connectivity index (χ4n) is 5.01. The Labute approximate surface area is 206 Å². The molecule has 5 rings (SSSR count). The minimum atomic E-state index is -0.603. The van der Waals surface area contributed by atoms with Crippen LogP contribution >= 0.6 is 0 Å². The molecule has 3 aromatic rings. The number of carbonyl (C=O) groups is 2. The minimum Gasteiger partial charge on any atom is -0.301 e. The maximum Gasteiger partial charge on any atom is 0.323 e. The molecule has 0 aliphatic carbocycles. The number of unbranched alkanes of at least 4 members (excludes halogenated alkanes) is 1. The normalized spacial score (nSPS) is 16.8. The molecule has 3 aromatic carbocycles. The van der Waals surface area contributed by atoms with Crippen LogP contribution in [-0.2, 0) is 9.63 Å². The number of hydroxylamine groups is 1. The summed E-state index contributed by atoms with van der Waals surface area (Å²) in [4.78, 5) is 35.0. The first-order valence-electron chi connectivity index (χ1n) is 12.4. The van der Waals surface area contributed by atoms with Crippen molar-refractivity contribution in [2.75, 3.05) is 44.4 Å². The topological polar surface area (TPSA) is 53.1 Å². The zero-order valence-electron chi connectivity index (χ0n) is 19.9. The van der Waals surface area contributed by atoms with E-state index in [0.29, 0.717) is 17.9 Å². The summed E-state index contributed by atoms with van der Waals surface area (Å²) in [5, 5.41) is 1.16. The van der Waals surface area contributed by atoms with E-state index >= 15 is 0 Å². The van der Waals surface area contributed by atoms with Crippen molar-refractivity contribution in [2.24, 2.45) is 0 Å². The largest absolute Gasteiger partial charge is 0.323 e. The molecule has 1 amide bonds. The number of hydrogen-bond acceptors (Lipinski definition) is 5. The van der Waals surface area contributed by atoms with E-state index in [2.05, 4.69) is 70.5 Å². The second-order valence-corrected chi connectivity index (χ2v) is 9.09. The zero-order chi connectivity index (χ0) is 24.0. The number of rotatable bonds is 9. The van der Waals surface area contributed by atoms with Crippen molar-refractivity contribution in [1.82, 2.24) is 9.80 Å². The molecule has 0 spiro atoms. The lowest BCUT2D eigenvalue weighted by molar-refractivity contribution is -0.121. The van der Waals surface area contributed by atoms with Gasteiger partial charge in [-0.15, -0.1) is 0 Å². The molecule has 6 heteroatoms. The summed E-state index contributed by atoms with van der Waals surface area (Å²) in [5.41, 5.74) is 3.63. The molecule has 0 atom stereocenters. The molecule has 6 nitrogen and oxygen atoms in total. The van der Waals surface area contributed by atoms with Crippen LogP contribution in [0.4, 0.5) is 5.69 Å². The van der Waals surface area contributed by atoms with Gasteiger partial charge < -0.3 is 4.90 Å². The fraction of sp³-hybridized carbons (Fsp3) is 0.310. The van der Waals surface area contributed by atoms with E-state index in [1.54, 1.807) is 24.3 Å². The molecule has 0 saturated carbocycles. The quantitative estimate of drug-likeness (QED) is 0.345. The number of amides is 1. The number of carbonyl (C=O) groups excluding carboxylic acids is 2. The van der Waals surface area contributed by atoms with E-state index in [0.717, 1.165) is 50.6 Å². The predicted octanol–water partition coefficient (Wildman–Crippen LogP) is 4.33. The van der Waals surface area contributed by atoms with Gasteiger partial charge in [-0.25, -0.2) is 0 Å². The van der Waals surface area contributed by atoms with Crippen molar-refractivity contribution < 1.29 is 14.4 Å². The van der Waals surface area contributed by atoms with E-state index < -0.39 is 11.7 Å². The SMILES string of the molecule is O=C1C(=O)N(OCCCCN2CCN(C(c3ccccc3)c3ccccc3)CC2)c2ccccc21. The van der Waals surface area contributed by atoms with Gasteiger partial charge in [0.25, 0.3) is 5.78 Å². The molecule has 2 aliphatic heterocycles. The van der Waals surface area contributed by atoms with Crippen LogP contribution in [0.15, 0.2) is 84.9 Å². The lowest BCUT2D eigenvalue weighted by Crippen LogP contribution is -2.48. The Hall–Kier alpha value is -3.32. The third kappa shape index (κ3) is 5.20. The van der Waals surface area contributed by atoms with Crippen molar-refractivity contribution in [2.45, 2.75) is 18.9 Å². The van der Waals surface area contributed by atoms with Gasteiger partial charge in [0, 0.05) is 26.2 Å². The third-order valence-electron chi connectivity index (χ3n) is 6.84. The first-order chi connectivity index (χ1) is 17.2. The lowest BCUT2D eigenvalue weighted by Gasteiger charge is -2.39.